The Bertz CT molecular complexity index is 701. The molecule has 0 aliphatic carbocycles. The first kappa shape index (κ1) is 17.1. The Morgan fingerprint density at radius 1 is 0.955 bits per heavy atom. The summed E-state index contributed by atoms with van der Waals surface area (Å²) in [4.78, 5) is 0. The van der Waals surface area contributed by atoms with Gasteiger partial charge in [0.2, 0.25) is 10.0 Å². The molecule has 0 aliphatic rings. The normalized spacial score (nSPS) is 11.4. The number of sulfonamides is 1. The summed E-state index contributed by atoms with van der Waals surface area (Å²) in [6.07, 6.45) is 0. The first-order valence-electron chi connectivity index (χ1n) is 6.56. The zero-order valence-electron chi connectivity index (χ0n) is 11.6. The van der Waals surface area contributed by atoms with Gasteiger partial charge in [0.15, 0.2) is 0 Å². The van der Waals surface area contributed by atoms with Crippen molar-refractivity contribution in [1.29, 1.82) is 0 Å². The van der Waals surface area contributed by atoms with Gasteiger partial charge in [-0.1, -0.05) is 47.5 Å². The number of para-hydroxylation sites is 1. The predicted octanol–water partition coefficient (Wildman–Crippen LogP) is 3.49. The van der Waals surface area contributed by atoms with Crippen LogP contribution < -0.4 is 9.46 Å². The molecule has 0 aliphatic heterocycles. The van der Waals surface area contributed by atoms with E-state index in [4.69, 9.17) is 27.9 Å². The Labute approximate surface area is 140 Å². The minimum absolute atomic E-state index is 0.166. The van der Waals surface area contributed by atoms with E-state index in [9.17, 15) is 8.42 Å². The predicted molar refractivity (Wildman–Crippen MR) is 89.0 cm³/mol. The van der Waals surface area contributed by atoms with Gasteiger partial charge in [0.1, 0.15) is 12.4 Å². The third-order valence-electron chi connectivity index (χ3n) is 2.83. The lowest BCUT2D eigenvalue weighted by Gasteiger charge is -2.10. The number of ether oxygens (including phenoxy) is 1. The van der Waals surface area contributed by atoms with Crippen LogP contribution in [0, 0.1) is 0 Å². The van der Waals surface area contributed by atoms with E-state index in [2.05, 4.69) is 4.72 Å². The molecule has 0 amide bonds. The molecule has 0 unspecified atom stereocenters. The van der Waals surface area contributed by atoms with E-state index < -0.39 is 10.0 Å². The molecule has 118 valence electrons. The van der Waals surface area contributed by atoms with Crippen molar-refractivity contribution in [1.82, 2.24) is 4.72 Å². The third-order valence-corrected chi connectivity index (χ3v) is 4.85. The summed E-state index contributed by atoms with van der Waals surface area (Å²) < 4.78 is 31.9. The summed E-state index contributed by atoms with van der Waals surface area (Å²) in [6.45, 7) is 0.402. The Morgan fingerprint density at radius 2 is 1.59 bits per heavy atom. The first-order chi connectivity index (χ1) is 10.5. The van der Waals surface area contributed by atoms with Crippen LogP contribution in [0.15, 0.2) is 48.5 Å². The number of nitrogens with one attached hydrogen (secondary N) is 1. The van der Waals surface area contributed by atoms with Gasteiger partial charge in [0.05, 0.1) is 5.75 Å². The van der Waals surface area contributed by atoms with Crippen molar-refractivity contribution in [3.05, 3.63) is 64.1 Å². The van der Waals surface area contributed by atoms with E-state index >= 15 is 0 Å². The standard InChI is InChI=1S/C15H15Cl2NO3S/c16-14-7-4-8-15(17)13(14)11-22(19,20)18-9-10-21-12-5-2-1-3-6-12/h1-8,18H,9-11H2. The Kier molecular flexibility index (Phi) is 6.08. The number of benzene rings is 2. The number of rotatable bonds is 7. The third kappa shape index (κ3) is 5.18. The van der Waals surface area contributed by atoms with Crippen molar-refractivity contribution < 1.29 is 13.2 Å². The quantitative estimate of drug-likeness (QED) is 0.769. The second-order valence-electron chi connectivity index (χ2n) is 4.52. The maximum atomic E-state index is 12.0. The minimum atomic E-state index is -3.53. The molecule has 2 aromatic carbocycles. The molecule has 0 atom stereocenters. The topological polar surface area (TPSA) is 55.4 Å². The summed E-state index contributed by atoms with van der Waals surface area (Å²) in [5.41, 5.74) is 0.391. The molecular weight excluding hydrogens is 345 g/mol. The summed E-state index contributed by atoms with van der Waals surface area (Å²) >= 11 is 12.0. The molecule has 0 heterocycles. The molecule has 22 heavy (non-hydrogen) atoms. The summed E-state index contributed by atoms with van der Waals surface area (Å²) in [6, 6.07) is 14.1. The summed E-state index contributed by atoms with van der Waals surface area (Å²) in [5, 5.41) is 0.664. The highest BCUT2D eigenvalue weighted by molar-refractivity contribution is 7.88. The maximum absolute atomic E-state index is 12.0. The van der Waals surface area contributed by atoms with Gasteiger partial charge >= 0.3 is 0 Å². The summed E-state index contributed by atoms with van der Waals surface area (Å²) in [7, 11) is -3.53. The van der Waals surface area contributed by atoms with E-state index in [0.29, 0.717) is 21.4 Å². The van der Waals surface area contributed by atoms with Crippen LogP contribution in [0.25, 0.3) is 0 Å². The highest BCUT2D eigenvalue weighted by Gasteiger charge is 2.16. The van der Waals surface area contributed by atoms with Crippen LogP contribution in [0.2, 0.25) is 10.0 Å². The molecule has 2 aromatic rings. The van der Waals surface area contributed by atoms with E-state index in [0.717, 1.165) is 0 Å². The van der Waals surface area contributed by atoms with Crippen LogP contribution >= 0.6 is 23.2 Å². The largest absolute Gasteiger partial charge is 0.492 e. The van der Waals surface area contributed by atoms with Gasteiger partial charge in [-0.2, -0.15) is 0 Å². The van der Waals surface area contributed by atoms with E-state index in [1.165, 1.54) is 0 Å². The number of hydrogen-bond donors (Lipinski definition) is 1. The number of hydrogen-bond acceptors (Lipinski definition) is 3. The lowest BCUT2D eigenvalue weighted by atomic mass is 10.2. The van der Waals surface area contributed by atoms with Gasteiger partial charge in [-0.3, -0.25) is 0 Å². The van der Waals surface area contributed by atoms with Gasteiger partial charge in [0, 0.05) is 22.2 Å². The van der Waals surface area contributed by atoms with Crippen molar-refractivity contribution in [2.24, 2.45) is 0 Å². The van der Waals surface area contributed by atoms with E-state index in [-0.39, 0.29) is 18.9 Å². The molecule has 4 nitrogen and oxygen atoms in total. The zero-order valence-corrected chi connectivity index (χ0v) is 14.0. The second-order valence-corrected chi connectivity index (χ2v) is 7.14. The lowest BCUT2D eigenvalue weighted by molar-refractivity contribution is 0.323. The molecule has 0 spiro atoms. The minimum Gasteiger partial charge on any atom is -0.492 e. The van der Waals surface area contributed by atoms with Crippen LogP contribution in [0.4, 0.5) is 0 Å². The van der Waals surface area contributed by atoms with Gasteiger partial charge in [-0.05, 0) is 24.3 Å². The van der Waals surface area contributed by atoms with Crippen LogP contribution in [-0.2, 0) is 15.8 Å². The van der Waals surface area contributed by atoms with Gasteiger partial charge in [-0.25, -0.2) is 13.1 Å². The van der Waals surface area contributed by atoms with Crippen molar-refractivity contribution in [3.63, 3.8) is 0 Å². The van der Waals surface area contributed by atoms with E-state index in [1.54, 1.807) is 30.3 Å². The molecule has 7 heteroatoms. The van der Waals surface area contributed by atoms with Crippen molar-refractivity contribution in [2.45, 2.75) is 5.75 Å². The Morgan fingerprint density at radius 3 is 2.23 bits per heavy atom. The first-order valence-corrected chi connectivity index (χ1v) is 8.97. The fraction of sp³-hybridized carbons (Fsp3) is 0.200. The highest BCUT2D eigenvalue weighted by atomic mass is 35.5. The molecule has 1 N–H and O–H groups in total. The van der Waals surface area contributed by atoms with Crippen LogP contribution in [0.1, 0.15) is 5.56 Å². The smallest absolute Gasteiger partial charge is 0.216 e. The van der Waals surface area contributed by atoms with Crippen molar-refractivity contribution >= 4 is 33.2 Å². The van der Waals surface area contributed by atoms with Crippen LogP contribution in [0.5, 0.6) is 5.75 Å². The molecule has 0 fully saturated rings. The van der Waals surface area contributed by atoms with Crippen LogP contribution in [-0.4, -0.2) is 21.6 Å². The highest BCUT2D eigenvalue weighted by Crippen LogP contribution is 2.25. The fourth-order valence-corrected chi connectivity index (χ4v) is 3.67. The molecule has 0 aromatic heterocycles. The molecule has 0 bridgehead atoms. The van der Waals surface area contributed by atoms with Gasteiger partial charge < -0.3 is 4.74 Å². The van der Waals surface area contributed by atoms with Crippen LogP contribution in [0.3, 0.4) is 0 Å². The lowest BCUT2D eigenvalue weighted by Crippen LogP contribution is -2.29. The average molecular weight is 360 g/mol. The fourth-order valence-electron chi connectivity index (χ4n) is 1.79. The Hall–Kier alpha value is -1.27. The molecule has 0 radical (unpaired) electrons. The zero-order chi connectivity index (χ0) is 16.0. The molecular formula is C15H15Cl2NO3S. The SMILES string of the molecule is O=S(=O)(Cc1c(Cl)cccc1Cl)NCCOc1ccccc1. The molecule has 0 saturated heterocycles. The van der Waals surface area contributed by atoms with E-state index in [1.807, 2.05) is 18.2 Å². The monoisotopic (exact) mass is 359 g/mol. The van der Waals surface area contributed by atoms with Crippen molar-refractivity contribution in [2.75, 3.05) is 13.2 Å². The van der Waals surface area contributed by atoms with Gasteiger partial charge in [-0.15, -0.1) is 0 Å². The number of halogens is 2. The summed E-state index contributed by atoms with van der Waals surface area (Å²) in [5.74, 6) is 0.424. The Balaban J connectivity index is 1.86. The molecule has 2 rings (SSSR count). The average Bonchev–Trinajstić information content (AvgIpc) is 2.49. The van der Waals surface area contributed by atoms with Gasteiger partial charge in [0.25, 0.3) is 0 Å². The van der Waals surface area contributed by atoms with Crippen molar-refractivity contribution in [3.8, 4) is 5.75 Å². The maximum Gasteiger partial charge on any atom is 0.216 e. The molecule has 0 saturated carbocycles. The second kappa shape index (κ2) is 7.83.